The van der Waals surface area contributed by atoms with E-state index in [1.165, 1.54) is 10.4 Å². The lowest BCUT2D eigenvalue weighted by molar-refractivity contribution is -0.140. The molecule has 3 N–H and O–H groups in total. The van der Waals surface area contributed by atoms with Crippen molar-refractivity contribution in [3.63, 3.8) is 0 Å². The van der Waals surface area contributed by atoms with E-state index in [2.05, 4.69) is 10.3 Å². The number of amides is 1. The molecule has 1 aromatic heterocycles. The van der Waals surface area contributed by atoms with Crippen molar-refractivity contribution in [3.8, 4) is 0 Å². The fraction of sp³-hybridized carbons (Fsp3) is 0.333. The summed E-state index contributed by atoms with van der Waals surface area (Å²) >= 11 is 0. The van der Waals surface area contributed by atoms with Crippen molar-refractivity contribution in [2.45, 2.75) is 37.2 Å². The maximum atomic E-state index is 13.7. The highest BCUT2D eigenvalue weighted by Gasteiger charge is 2.47. The normalized spacial score (nSPS) is 18.8. The van der Waals surface area contributed by atoms with E-state index in [1.807, 2.05) is 6.07 Å². The van der Waals surface area contributed by atoms with E-state index in [9.17, 15) is 35.9 Å². The van der Waals surface area contributed by atoms with Crippen molar-refractivity contribution in [3.05, 3.63) is 76.6 Å². The minimum atomic E-state index is -4.92. The lowest BCUT2D eigenvalue weighted by atomic mass is 9.89. The topological polar surface area (TPSA) is 124 Å². The number of nitrogens with one attached hydrogen (secondary N) is 1. The summed E-state index contributed by atoms with van der Waals surface area (Å²) in [5, 5.41) is 23.2. The van der Waals surface area contributed by atoms with Gasteiger partial charge in [-0.2, -0.15) is 17.5 Å². The van der Waals surface area contributed by atoms with Gasteiger partial charge in [0.1, 0.15) is 17.2 Å². The van der Waals surface area contributed by atoms with Crippen molar-refractivity contribution >= 4 is 38.7 Å². The molecule has 0 saturated carbocycles. The molecule has 1 spiro atoms. The van der Waals surface area contributed by atoms with Crippen molar-refractivity contribution in [2.24, 2.45) is 4.99 Å². The molecule has 3 aromatic rings. The molecule has 41 heavy (non-hydrogen) atoms. The molecule has 1 amide bonds. The van der Waals surface area contributed by atoms with Crippen molar-refractivity contribution in [1.29, 1.82) is 0 Å². The fourth-order valence-corrected chi connectivity index (χ4v) is 6.26. The molecule has 0 radical (unpaired) electrons. The second-order valence-electron chi connectivity index (χ2n) is 9.97. The highest BCUT2D eigenvalue weighted by atomic mass is 32.2. The molecular weight excluding hydrogens is 568 g/mol. The van der Waals surface area contributed by atoms with E-state index in [4.69, 9.17) is 5.11 Å². The molecule has 0 aliphatic carbocycles. The Labute approximate surface area is 232 Å². The number of sulfonamides is 1. The average Bonchev–Trinajstić information content (AvgIpc) is 3.48. The maximum Gasteiger partial charge on any atom is 0.419 e. The Balaban J connectivity index is 1.31. The number of halogens is 4. The lowest BCUT2D eigenvalue weighted by Crippen LogP contribution is -2.50. The molecule has 0 bridgehead atoms. The quantitative estimate of drug-likeness (QED) is 0.363. The summed E-state index contributed by atoms with van der Waals surface area (Å²) in [6, 6.07) is 9.42. The summed E-state index contributed by atoms with van der Waals surface area (Å²) in [6.45, 7) is -0.320. The zero-order valence-electron chi connectivity index (χ0n) is 21.5. The number of hydrogen-bond donors (Lipinski definition) is 3. The van der Waals surface area contributed by atoms with Gasteiger partial charge in [0.15, 0.2) is 0 Å². The number of benzene rings is 2. The minimum absolute atomic E-state index is 0.00828. The number of alkyl halides is 3. The van der Waals surface area contributed by atoms with Crippen LogP contribution in [-0.2, 0) is 27.5 Å². The summed E-state index contributed by atoms with van der Waals surface area (Å²) in [7, 11) is -3.90. The van der Waals surface area contributed by atoms with Crippen LogP contribution in [0.2, 0.25) is 0 Å². The number of fused-ring (bicyclic) bond motifs is 1. The molecule has 218 valence electrons. The third-order valence-corrected chi connectivity index (χ3v) is 8.89. The molecule has 3 heterocycles. The highest BCUT2D eigenvalue weighted by Crippen LogP contribution is 2.35. The van der Waals surface area contributed by atoms with Crippen molar-refractivity contribution < 1.29 is 41.0 Å². The Hall–Kier alpha value is -3.59. The third-order valence-electron chi connectivity index (χ3n) is 7.32. The van der Waals surface area contributed by atoms with Gasteiger partial charge >= 0.3 is 6.18 Å². The molecule has 14 heteroatoms. The second kappa shape index (κ2) is 10.7. The number of aliphatic hydroxyl groups is 2. The average molecular weight is 595 g/mol. The highest BCUT2D eigenvalue weighted by molar-refractivity contribution is 7.92. The number of aliphatic hydroxyl groups excluding tert-OH is 2. The lowest BCUT2D eigenvalue weighted by Gasteiger charge is -2.34. The third kappa shape index (κ3) is 5.64. The van der Waals surface area contributed by atoms with Gasteiger partial charge < -0.3 is 20.1 Å². The van der Waals surface area contributed by atoms with Gasteiger partial charge in [-0.15, -0.1) is 0 Å². The van der Waals surface area contributed by atoms with E-state index in [1.54, 1.807) is 29.0 Å². The van der Waals surface area contributed by atoms with E-state index in [0.717, 1.165) is 22.4 Å². The Bertz CT molecular complexity index is 1660. The smallest absolute Gasteiger partial charge is 0.394 e. The minimum Gasteiger partial charge on any atom is -0.394 e. The van der Waals surface area contributed by atoms with Crippen molar-refractivity contribution in [2.75, 3.05) is 19.7 Å². The van der Waals surface area contributed by atoms with E-state index in [0.29, 0.717) is 17.7 Å². The standard InChI is InChI=1S/C27H26F4N4O5S/c28-22-5-4-18(14-21(22)27(29,30)31)24-32-25(38)26(33-24)8-11-35(12-9-26)41(39,40)13-7-17-2-1-3-23-20(17)6-10-34(23)15-19(37)16-36/h1-7,10,13-14,19,36-37H,8-9,11-12,15-16H2,(H,32,33,38)/t19-/m0/s1. The predicted molar refractivity (Wildman–Crippen MR) is 143 cm³/mol. The van der Waals surface area contributed by atoms with Gasteiger partial charge in [0, 0.05) is 41.2 Å². The van der Waals surface area contributed by atoms with Crippen LogP contribution in [0.25, 0.3) is 17.0 Å². The number of amidine groups is 1. The van der Waals surface area contributed by atoms with Gasteiger partial charge in [-0.05, 0) is 54.8 Å². The van der Waals surface area contributed by atoms with Crippen LogP contribution in [0.1, 0.15) is 29.5 Å². The Morgan fingerprint density at radius 2 is 1.88 bits per heavy atom. The van der Waals surface area contributed by atoms with Crippen LogP contribution >= 0.6 is 0 Å². The Morgan fingerprint density at radius 3 is 2.56 bits per heavy atom. The van der Waals surface area contributed by atoms with Crippen LogP contribution in [0.15, 0.2) is 59.1 Å². The molecule has 1 saturated heterocycles. The van der Waals surface area contributed by atoms with Crippen molar-refractivity contribution in [1.82, 2.24) is 14.2 Å². The molecule has 9 nitrogen and oxygen atoms in total. The van der Waals surface area contributed by atoms with Crippen LogP contribution in [0, 0.1) is 5.82 Å². The van der Waals surface area contributed by atoms with E-state index in [-0.39, 0.29) is 43.9 Å². The van der Waals surface area contributed by atoms with E-state index < -0.39 is 51.7 Å². The van der Waals surface area contributed by atoms with Gasteiger partial charge in [0.2, 0.25) is 10.0 Å². The number of piperidine rings is 1. The monoisotopic (exact) mass is 594 g/mol. The summed E-state index contributed by atoms with van der Waals surface area (Å²) < 4.78 is 82.3. The SMILES string of the molecule is O=C1NC(c2ccc(F)c(C(F)(F)F)c2)=NC12CCN(S(=O)(=O)C=Cc1cccc3c1ccn3C[C@H](O)CO)CC2. The zero-order valence-corrected chi connectivity index (χ0v) is 22.3. The van der Waals surface area contributed by atoms with Crippen LogP contribution in [0.5, 0.6) is 0 Å². The van der Waals surface area contributed by atoms with Crippen LogP contribution in [-0.4, -0.2) is 70.6 Å². The largest absolute Gasteiger partial charge is 0.419 e. The molecule has 2 aromatic carbocycles. The summed E-state index contributed by atoms with van der Waals surface area (Å²) in [5.74, 6) is -2.12. The van der Waals surface area contributed by atoms with E-state index >= 15 is 0 Å². The number of carbonyl (C=O) groups is 1. The predicted octanol–water partition coefficient (Wildman–Crippen LogP) is 2.86. The Kier molecular flexibility index (Phi) is 7.53. The molecule has 0 unspecified atom stereocenters. The van der Waals surface area contributed by atoms with Gasteiger partial charge in [0.25, 0.3) is 5.91 Å². The number of nitrogens with zero attached hydrogens (tertiary/aromatic N) is 3. The molecule has 2 aliphatic heterocycles. The number of carbonyl (C=O) groups excluding carboxylic acids is 1. The fourth-order valence-electron chi connectivity index (χ4n) is 5.07. The number of aromatic nitrogens is 1. The molecule has 1 atom stereocenters. The molecule has 2 aliphatic rings. The van der Waals surface area contributed by atoms with Crippen LogP contribution in [0.4, 0.5) is 17.6 Å². The van der Waals surface area contributed by atoms with Gasteiger partial charge in [-0.25, -0.2) is 12.8 Å². The first-order valence-corrected chi connectivity index (χ1v) is 14.2. The van der Waals surface area contributed by atoms with Gasteiger partial charge in [0.05, 0.1) is 24.8 Å². The number of rotatable bonds is 7. The first-order chi connectivity index (χ1) is 19.3. The van der Waals surface area contributed by atoms with Gasteiger partial charge in [-0.3, -0.25) is 9.79 Å². The first-order valence-electron chi connectivity index (χ1n) is 12.7. The number of aliphatic imine (C=N–C) groups is 1. The summed E-state index contributed by atoms with van der Waals surface area (Å²) in [6.07, 6.45) is -2.66. The first kappa shape index (κ1) is 28.9. The summed E-state index contributed by atoms with van der Waals surface area (Å²) in [5.41, 5.74) is -1.54. The second-order valence-corrected chi connectivity index (χ2v) is 11.8. The van der Waals surface area contributed by atoms with Crippen LogP contribution in [0.3, 0.4) is 0 Å². The Morgan fingerprint density at radius 1 is 1.15 bits per heavy atom. The number of hydrogen-bond acceptors (Lipinski definition) is 6. The summed E-state index contributed by atoms with van der Waals surface area (Å²) in [4.78, 5) is 17.2. The molecule has 1 fully saturated rings. The van der Waals surface area contributed by atoms with Gasteiger partial charge in [-0.1, -0.05) is 12.1 Å². The zero-order chi connectivity index (χ0) is 29.6. The molecular formula is C27H26F4N4O5S. The molecule has 5 rings (SSSR count). The maximum absolute atomic E-state index is 13.7. The van der Waals surface area contributed by atoms with Crippen LogP contribution < -0.4 is 5.32 Å².